The van der Waals surface area contributed by atoms with Crippen LogP contribution in [-0.4, -0.2) is 50.5 Å². The first-order valence-electron chi connectivity index (χ1n) is 13.7. The molecular weight excluding hydrogens is 494 g/mol. The molecule has 1 saturated heterocycles. The summed E-state index contributed by atoms with van der Waals surface area (Å²) in [5.74, 6) is 0.0674. The number of unbranched alkanes of at least 4 members (excludes halogenated alkanes) is 2. The summed E-state index contributed by atoms with van der Waals surface area (Å²) >= 11 is 0. The molecule has 2 aromatic carbocycles. The van der Waals surface area contributed by atoms with Crippen molar-refractivity contribution < 1.29 is 24.2 Å². The average Bonchev–Trinajstić information content (AvgIpc) is 3.65. The van der Waals surface area contributed by atoms with Crippen molar-refractivity contribution in [1.29, 1.82) is 0 Å². The Morgan fingerprint density at radius 1 is 1.10 bits per heavy atom. The van der Waals surface area contributed by atoms with Gasteiger partial charge in [-0.05, 0) is 61.2 Å². The maximum atomic E-state index is 13.4. The fourth-order valence-corrected chi connectivity index (χ4v) is 5.31. The first-order chi connectivity index (χ1) is 19.0. The molecule has 0 saturated carbocycles. The predicted molar refractivity (Wildman–Crippen MR) is 148 cm³/mol. The van der Waals surface area contributed by atoms with Crippen LogP contribution in [0, 0.1) is 0 Å². The van der Waals surface area contributed by atoms with Gasteiger partial charge in [-0.25, -0.2) is 4.98 Å². The number of likely N-dealkylation sites (tertiary alicyclic amines) is 1. The lowest BCUT2D eigenvalue weighted by Crippen LogP contribution is -2.31. The molecule has 1 fully saturated rings. The number of aliphatic hydroxyl groups is 1. The predicted octanol–water partition coefficient (Wildman–Crippen LogP) is 5.29. The number of aromatic nitrogens is 2. The first kappa shape index (κ1) is 26.5. The normalized spacial score (nSPS) is 19.8. The Labute approximate surface area is 228 Å². The highest BCUT2D eigenvalue weighted by Gasteiger charge is 2.45. The van der Waals surface area contributed by atoms with Crippen molar-refractivity contribution in [3.8, 4) is 11.5 Å². The highest BCUT2D eigenvalue weighted by atomic mass is 16.5. The van der Waals surface area contributed by atoms with Crippen molar-refractivity contribution in [3.63, 3.8) is 0 Å². The van der Waals surface area contributed by atoms with Crippen LogP contribution in [-0.2, 0) is 22.6 Å². The number of Topliss-reactive ketones (excluding diaryl/α,β-unsaturated/α-hetero) is 1. The minimum atomic E-state index is -0.703. The van der Waals surface area contributed by atoms with Crippen molar-refractivity contribution in [2.24, 2.45) is 0 Å². The number of ketones is 1. The molecule has 3 heterocycles. The third-order valence-electron chi connectivity index (χ3n) is 7.30. The Bertz CT molecular complexity index is 1350. The summed E-state index contributed by atoms with van der Waals surface area (Å²) in [5.41, 5.74) is 2.33. The summed E-state index contributed by atoms with van der Waals surface area (Å²) in [6.45, 7) is 5.79. The van der Waals surface area contributed by atoms with Crippen LogP contribution < -0.4 is 9.47 Å². The van der Waals surface area contributed by atoms with Crippen LogP contribution in [0.25, 0.3) is 5.76 Å². The van der Waals surface area contributed by atoms with Crippen molar-refractivity contribution in [2.45, 2.75) is 64.6 Å². The minimum Gasteiger partial charge on any atom is -0.507 e. The van der Waals surface area contributed by atoms with Crippen LogP contribution in [0.2, 0.25) is 0 Å². The number of imidazole rings is 1. The number of rotatable bonds is 11. The summed E-state index contributed by atoms with van der Waals surface area (Å²) in [7, 11) is 0. The number of aliphatic hydroxyl groups excluding tert-OH is 1. The van der Waals surface area contributed by atoms with Gasteiger partial charge < -0.3 is 24.0 Å². The van der Waals surface area contributed by atoms with E-state index in [0.29, 0.717) is 31.7 Å². The van der Waals surface area contributed by atoms with Crippen LogP contribution in [0.5, 0.6) is 11.5 Å². The van der Waals surface area contributed by atoms with Crippen LogP contribution in [0.4, 0.5) is 0 Å². The quantitative estimate of drug-likeness (QED) is 0.157. The van der Waals surface area contributed by atoms with E-state index < -0.39 is 17.7 Å². The van der Waals surface area contributed by atoms with Crippen LogP contribution in [0.3, 0.4) is 0 Å². The van der Waals surface area contributed by atoms with E-state index in [1.807, 2.05) is 54.1 Å². The second-order valence-electron chi connectivity index (χ2n) is 10.2. The molecule has 39 heavy (non-hydrogen) atoms. The molecule has 0 radical (unpaired) electrons. The zero-order valence-corrected chi connectivity index (χ0v) is 22.5. The molecule has 204 valence electrons. The maximum Gasteiger partial charge on any atom is 0.295 e. The Morgan fingerprint density at radius 2 is 1.92 bits per heavy atom. The fourth-order valence-electron chi connectivity index (χ4n) is 5.31. The molecule has 2 aliphatic heterocycles. The molecule has 1 amide bonds. The maximum absolute atomic E-state index is 13.4. The zero-order valence-electron chi connectivity index (χ0n) is 22.5. The number of fused-ring (bicyclic) bond motifs is 1. The Hall–Kier alpha value is -4.07. The van der Waals surface area contributed by atoms with Gasteiger partial charge in [-0.1, -0.05) is 31.9 Å². The third-order valence-corrected chi connectivity index (χ3v) is 7.30. The topological polar surface area (TPSA) is 93.9 Å². The van der Waals surface area contributed by atoms with Crippen LogP contribution >= 0.6 is 0 Å². The average molecular weight is 530 g/mol. The number of benzene rings is 2. The summed E-state index contributed by atoms with van der Waals surface area (Å²) in [5, 5.41) is 11.5. The molecule has 2 atom stereocenters. The van der Waals surface area contributed by atoms with Gasteiger partial charge in [0.05, 0.1) is 24.5 Å². The number of hydrogen-bond donors (Lipinski definition) is 1. The van der Waals surface area contributed by atoms with E-state index in [1.165, 1.54) is 0 Å². The monoisotopic (exact) mass is 529 g/mol. The fraction of sp³-hybridized carbons (Fsp3) is 0.387. The van der Waals surface area contributed by atoms with Crippen molar-refractivity contribution in [3.05, 3.63) is 83.4 Å². The highest BCUT2D eigenvalue weighted by Crippen LogP contribution is 2.41. The van der Waals surface area contributed by atoms with Gasteiger partial charge in [-0.2, -0.15) is 0 Å². The third kappa shape index (κ3) is 5.70. The van der Waals surface area contributed by atoms with Gasteiger partial charge in [0.25, 0.3) is 11.7 Å². The largest absolute Gasteiger partial charge is 0.507 e. The molecule has 0 unspecified atom stereocenters. The van der Waals surface area contributed by atoms with Crippen LogP contribution in [0.1, 0.15) is 62.3 Å². The molecule has 1 N–H and O–H groups in total. The van der Waals surface area contributed by atoms with E-state index in [-0.39, 0.29) is 17.4 Å². The number of aryl methyl sites for hydroxylation is 1. The lowest BCUT2D eigenvalue weighted by atomic mass is 9.94. The molecule has 1 aromatic heterocycles. The molecule has 5 rings (SSSR count). The SMILES string of the molecule is CCCCCOc1ccc([C@@H]2/C(=C(\O)c3ccc4c(c3)C[C@H](C)O4)C(=O)C(=O)N2CCCn2ccnc2)cc1. The summed E-state index contributed by atoms with van der Waals surface area (Å²) in [4.78, 5) is 32.3. The van der Waals surface area contributed by atoms with Gasteiger partial charge in [-0.3, -0.25) is 9.59 Å². The van der Waals surface area contributed by atoms with Gasteiger partial charge in [0.1, 0.15) is 23.4 Å². The van der Waals surface area contributed by atoms with Crippen molar-refractivity contribution >= 4 is 17.4 Å². The van der Waals surface area contributed by atoms with Gasteiger partial charge in [0.15, 0.2) is 0 Å². The Morgan fingerprint density at radius 3 is 2.67 bits per heavy atom. The Kier molecular flexibility index (Phi) is 8.00. The second-order valence-corrected chi connectivity index (χ2v) is 10.2. The van der Waals surface area contributed by atoms with Gasteiger partial charge in [0, 0.05) is 37.5 Å². The molecule has 3 aromatic rings. The minimum absolute atomic E-state index is 0.0566. The van der Waals surface area contributed by atoms with E-state index in [4.69, 9.17) is 9.47 Å². The molecule has 8 heteroatoms. The van der Waals surface area contributed by atoms with E-state index in [9.17, 15) is 14.7 Å². The molecule has 8 nitrogen and oxygen atoms in total. The zero-order chi connectivity index (χ0) is 27.4. The van der Waals surface area contributed by atoms with E-state index >= 15 is 0 Å². The lowest BCUT2D eigenvalue weighted by Gasteiger charge is -2.25. The summed E-state index contributed by atoms with van der Waals surface area (Å²) in [6, 6.07) is 12.2. The summed E-state index contributed by atoms with van der Waals surface area (Å²) < 4.78 is 13.6. The second kappa shape index (κ2) is 11.8. The molecule has 0 spiro atoms. The molecule has 0 aliphatic carbocycles. The molecule has 2 aliphatic rings. The number of carbonyl (C=O) groups is 2. The van der Waals surface area contributed by atoms with Gasteiger partial charge in [0.2, 0.25) is 0 Å². The number of ether oxygens (including phenoxy) is 2. The van der Waals surface area contributed by atoms with Gasteiger partial charge >= 0.3 is 0 Å². The first-order valence-corrected chi connectivity index (χ1v) is 13.7. The van der Waals surface area contributed by atoms with E-state index in [1.54, 1.807) is 23.5 Å². The van der Waals surface area contributed by atoms with Crippen molar-refractivity contribution in [1.82, 2.24) is 14.5 Å². The molecule has 0 bridgehead atoms. The highest BCUT2D eigenvalue weighted by molar-refractivity contribution is 6.46. The number of amides is 1. The van der Waals surface area contributed by atoms with Gasteiger partial charge in [-0.15, -0.1) is 0 Å². The van der Waals surface area contributed by atoms with Crippen molar-refractivity contribution in [2.75, 3.05) is 13.2 Å². The Balaban J connectivity index is 1.46. The number of carbonyl (C=O) groups excluding carboxylic acids is 2. The van der Waals surface area contributed by atoms with Crippen LogP contribution in [0.15, 0.2) is 66.8 Å². The van der Waals surface area contributed by atoms with E-state index in [0.717, 1.165) is 48.3 Å². The number of hydrogen-bond acceptors (Lipinski definition) is 6. The summed E-state index contributed by atoms with van der Waals surface area (Å²) in [6.07, 6.45) is 9.93. The standard InChI is InChI=1S/C31H35N3O5/c1-3-4-5-17-38-25-10-7-22(8-11-25)28-27(29(35)23-9-12-26-24(19-23)18-21(2)39-26)30(36)31(37)34(28)15-6-14-33-16-13-32-20-33/h7-13,16,19-21,28,35H,3-6,14-15,17-18H2,1-2H3/b29-27+/t21-,28+/m0/s1. The number of nitrogens with zero attached hydrogens (tertiary/aromatic N) is 3. The van der Waals surface area contributed by atoms with E-state index in [2.05, 4.69) is 11.9 Å². The smallest absolute Gasteiger partial charge is 0.295 e. The molecular formula is C31H35N3O5. The lowest BCUT2D eigenvalue weighted by molar-refractivity contribution is -0.139.